The van der Waals surface area contributed by atoms with Gasteiger partial charge in [0.1, 0.15) is 17.8 Å². The van der Waals surface area contributed by atoms with E-state index in [-0.39, 0.29) is 6.04 Å². The average molecular weight is 246 g/mol. The highest BCUT2D eigenvalue weighted by atomic mass is 15.3. The summed E-state index contributed by atoms with van der Waals surface area (Å²) in [5, 5.41) is 7.42. The van der Waals surface area contributed by atoms with Gasteiger partial charge in [0.2, 0.25) is 0 Å². The number of nitrogens with zero attached hydrogens (tertiary/aromatic N) is 5. The van der Waals surface area contributed by atoms with Gasteiger partial charge in [-0.2, -0.15) is 5.10 Å². The summed E-state index contributed by atoms with van der Waals surface area (Å²) >= 11 is 0. The maximum atomic E-state index is 4.50. The van der Waals surface area contributed by atoms with Gasteiger partial charge in [0.05, 0.1) is 12.4 Å². The quantitative estimate of drug-likeness (QED) is 0.875. The first-order valence-electron chi connectivity index (χ1n) is 6.18. The molecule has 0 radical (unpaired) electrons. The zero-order chi connectivity index (χ0) is 13.0. The minimum absolute atomic E-state index is 0.247. The molecule has 2 rings (SSSR count). The number of rotatable bonds is 5. The standard InChI is InChI=1S/C12H18N6/c1-4-5-14-11-7-13-6-10(17-11)12-15-8-16-18(12)9(2)3/h6-9H,4-5H2,1-3H3,(H,14,17). The minimum atomic E-state index is 0.247. The van der Waals surface area contributed by atoms with Gasteiger partial charge in [0.15, 0.2) is 5.82 Å². The lowest BCUT2D eigenvalue weighted by Gasteiger charge is -2.09. The zero-order valence-corrected chi connectivity index (χ0v) is 11.0. The summed E-state index contributed by atoms with van der Waals surface area (Å²) in [6.45, 7) is 7.12. The summed E-state index contributed by atoms with van der Waals surface area (Å²) in [6.07, 6.45) is 6.02. The lowest BCUT2D eigenvalue weighted by Crippen LogP contribution is -2.08. The molecule has 0 fully saturated rings. The summed E-state index contributed by atoms with van der Waals surface area (Å²) in [6, 6.07) is 0.247. The molecule has 0 bridgehead atoms. The Morgan fingerprint density at radius 2 is 2.17 bits per heavy atom. The molecule has 0 saturated heterocycles. The molecule has 0 aliphatic heterocycles. The van der Waals surface area contributed by atoms with Crippen LogP contribution in [0.15, 0.2) is 18.7 Å². The fraction of sp³-hybridized carbons (Fsp3) is 0.500. The maximum absolute atomic E-state index is 4.50. The summed E-state index contributed by atoms with van der Waals surface area (Å²) in [5.41, 5.74) is 0.738. The lowest BCUT2D eigenvalue weighted by molar-refractivity contribution is 0.536. The van der Waals surface area contributed by atoms with Gasteiger partial charge in [-0.1, -0.05) is 6.92 Å². The molecule has 0 atom stereocenters. The number of aromatic nitrogens is 5. The third-order valence-electron chi connectivity index (χ3n) is 2.48. The Balaban J connectivity index is 2.29. The number of hydrogen-bond donors (Lipinski definition) is 1. The van der Waals surface area contributed by atoms with E-state index in [1.807, 2.05) is 4.68 Å². The molecule has 0 saturated carbocycles. The number of nitrogens with one attached hydrogen (secondary N) is 1. The van der Waals surface area contributed by atoms with Crippen LogP contribution in [0.2, 0.25) is 0 Å². The van der Waals surface area contributed by atoms with E-state index in [2.05, 4.69) is 46.1 Å². The van der Waals surface area contributed by atoms with Crippen LogP contribution in [0.25, 0.3) is 11.5 Å². The van der Waals surface area contributed by atoms with Gasteiger partial charge in [0, 0.05) is 12.6 Å². The Hall–Kier alpha value is -1.98. The minimum Gasteiger partial charge on any atom is -0.369 e. The Kier molecular flexibility index (Phi) is 3.86. The molecule has 1 N–H and O–H groups in total. The first-order chi connectivity index (χ1) is 8.72. The van der Waals surface area contributed by atoms with Gasteiger partial charge in [-0.15, -0.1) is 0 Å². The fourth-order valence-electron chi connectivity index (χ4n) is 1.62. The van der Waals surface area contributed by atoms with Crippen LogP contribution in [0, 0.1) is 0 Å². The van der Waals surface area contributed by atoms with E-state index in [9.17, 15) is 0 Å². The topological polar surface area (TPSA) is 68.5 Å². The van der Waals surface area contributed by atoms with Crippen molar-refractivity contribution in [2.45, 2.75) is 33.2 Å². The second-order valence-corrected chi connectivity index (χ2v) is 4.34. The van der Waals surface area contributed by atoms with Gasteiger partial charge in [-0.25, -0.2) is 14.6 Å². The normalized spacial score (nSPS) is 10.9. The van der Waals surface area contributed by atoms with Crippen LogP contribution in [0.1, 0.15) is 33.2 Å². The molecule has 6 nitrogen and oxygen atoms in total. The summed E-state index contributed by atoms with van der Waals surface area (Å²) in [5.74, 6) is 1.52. The van der Waals surface area contributed by atoms with Crippen molar-refractivity contribution >= 4 is 5.82 Å². The van der Waals surface area contributed by atoms with Gasteiger partial charge in [-0.3, -0.25) is 4.98 Å². The summed E-state index contributed by atoms with van der Waals surface area (Å²) in [7, 11) is 0. The van der Waals surface area contributed by atoms with Crippen molar-refractivity contribution in [3.8, 4) is 11.5 Å². The molecule has 0 spiro atoms. The summed E-state index contributed by atoms with van der Waals surface area (Å²) < 4.78 is 1.84. The van der Waals surface area contributed by atoms with Crippen molar-refractivity contribution in [1.29, 1.82) is 0 Å². The molecule has 18 heavy (non-hydrogen) atoms. The third kappa shape index (κ3) is 2.64. The molecular weight excluding hydrogens is 228 g/mol. The van der Waals surface area contributed by atoms with Crippen molar-refractivity contribution < 1.29 is 0 Å². The van der Waals surface area contributed by atoms with E-state index in [1.54, 1.807) is 18.7 Å². The van der Waals surface area contributed by atoms with Gasteiger partial charge >= 0.3 is 0 Å². The molecule has 2 heterocycles. The molecule has 2 aromatic rings. The van der Waals surface area contributed by atoms with Crippen LogP contribution in [-0.4, -0.2) is 31.3 Å². The molecule has 0 unspecified atom stereocenters. The predicted molar refractivity (Wildman–Crippen MR) is 70.2 cm³/mol. The van der Waals surface area contributed by atoms with Crippen LogP contribution < -0.4 is 5.32 Å². The second kappa shape index (κ2) is 5.57. The smallest absolute Gasteiger partial charge is 0.178 e. The SMILES string of the molecule is CCCNc1cncc(-c2ncnn2C(C)C)n1. The molecule has 96 valence electrons. The van der Waals surface area contributed by atoms with E-state index >= 15 is 0 Å². The van der Waals surface area contributed by atoms with E-state index in [0.717, 1.165) is 30.3 Å². The third-order valence-corrected chi connectivity index (χ3v) is 2.48. The second-order valence-electron chi connectivity index (χ2n) is 4.34. The van der Waals surface area contributed by atoms with Crippen LogP contribution in [0.4, 0.5) is 5.82 Å². The molecular formula is C12H18N6. The molecule has 2 aromatic heterocycles. The van der Waals surface area contributed by atoms with E-state index in [4.69, 9.17) is 0 Å². The van der Waals surface area contributed by atoms with Crippen molar-refractivity contribution in [3.05, 3.63) is 18.7 Å². The molecule has 0 aliphatic rings. The number of anilines is 1. The fourth-order valence-corrected chi connectivity index (χ4v) is 1.62. The molecule has 0 aliphatic carbocycles. The van der Waals surface area contributed by atoms with Crippen LogP contribution in [-0.2, 0) is 0 Å². The average Bonchev–Trinajstić information content (AvgIpc) is 2.86. The van der Waals surface area contributed by atoms with E-state index in [1.165, 1.54) is 0 Å². The Morgan fingerprint density at radius 1 is 1.33 bits per heavy atom. The monoisotopic (exact) mass is 246 g/mol. The Bertz CT molecular complexity index is 505. The van der Waals surface area contributed by atoms with Crippen LogP contribution >= 0.6 is 0 Å². The predicted octanol–water partition coefficient (Wildman–Crippen LogP) is 2.14. The molecule has 0 aromatic carbocycles. The highest BCUT2D eigenvalue weighted by molar-refractivity contribution is 5.51. The number of hydrogen-bond acceptors (Lipinski definition) is 5. The van der Waals surface area contributed by atoms with Crippen molar-refractivity contribution in [2.24, 2.45) is 0 Å². The highest BCUT2D eigenvalue weighted by Crippen LogP contribution is 2.17. The highest BCUT2D eigenvalue weighted by Gasteiger charge is 2.11. The van der Waals surface area contributed by atoms with Gasteiger partial charge in [0.25, 0.3) is 0 Å². The molecule has 0 amide bonds. The van der Waals surface area contributed by atoms with Crippen LogP contribution in [0.5, 0.6) is 0 Å². The zero-order valence-electron chi connectivity index (χ0n) is 11.0. The van der Waals surface area contributed by atoms with Crippen LogP contribution in [0.3, 0.4) is 0 Å². The van der Waals surface area contributed by atoms with E-state index in [0.29, 0.717) is 0 Å². The van der Waals surface area contributed by atoms with E-state index < -0.39 is 0 Å². The maximum Gasteiger partial charge on any atom is 0.178 e. The van der Waals surface area contributed by atoms with Gasteiger partial charge < -0.3 is 5.32 Å². The first kappa shape index (κ1) is 12.5. The summed E-state index contributed by atoms with van der Waals surface area (Å²) in [4.78, 5) is 12.9. The van der Waals surface area contributed by atoms with Crippen molar-refractivity contribution in [2.75, 3.05) is 11.9 Å². The van der Waals surface area contributed by atoms with Crippen molar-refractivity contribution in [3.63, 3.8) is 0 Å². The van der Waals surface area contributed by atoms with Gasteiger partial charge in [-0.05, 0) is 20.3 Å². The Morgan fingerprint density at radius 3 is 2.89 bits per heavy atom. The Labute approximate surface area is 106 Å². The first-order valence-corrected chi connectivity index (χ1v) is 6.18. The lowest BCUT2D eigenvalue weighted by atomic mass is 10.3. The largest absolute Gasteiger partial charge is 0.369 e. The van der Waals surface area contributed by atoms with Crippen molar-refractivity contribution in [1.82, 2.24) is 24.7 Å². The molecule has 6 heteroatoms.